The molecule has 0 radical (unpaired) electrons. The van der Waals surface area contributed by atoms with Crippen LogP contribution < -0.4 is 5.56 Å². The molecule has 1 aromatic carbocycles. The minimum Gasteiger partial charge on any atom is -0.338 e. The molecule has 10 nitrogen and oxygen atoms in total. The van der Waals surface area contributed by atoms with Gasteiger partial charge in [-0.25, -0.2) is 18.1 Å². The van der Waals surface area contributed by atoms with Crippen molar-refractivity contribution < 1.29 is 13.2 Å². The number of rotatable bonds is 4. The number of piperazine rings is 1. The molecule has 2 aromatic heterocycles. The molecule has 0 aliphatic carbocycles. The summed E-state index contributed by atoms with van der Waals surface area (Å²) in [4.78, 5) is 31.4. The van der Waals surface area contributed by atoms with Crippen molar-refractivity contribution in [3.05, 3.63) is 51.6 Å². The predicted molar refractivity (Wildman–Crippen MR) is 112 cm³/mol. The SMILES string of the molecule is Cn1nc(Br)c2c(=O)n(CC(=O)N3CCN(S(=O)(=O)c4ccccc4)CC3)cnc21. The molecule has 1 aliphatic rings. The van der Waals surface area contributed by atoms with Crippen molar-refractivity contribution in [2.45, 2.75) is 11.4 Å². The standard InChI is InChI=1S/C18H19BrN6O4S/c1-22-17-15(16(19)21-22)18(27)24(12-20-17)11-14(26)23-7-9-25(10-8-23)30(28,29)13-5-3-2-4-6-13/h2-6,12H,7-11H2,1H3. The maximum Gasteiger partial charge on any atom is 0.266 e. The van der Waals surface area contributed by atoms with E-state index in [0.29, 0.717) is 15.6 Å². The topological polar surface area (TPSA) is 110 Å². The zero-order chi connectivity index (χ0) is 21.5. The van der Waals surface area contributed by atoms with Crippen molar-refractivity contribution in [3.8, 4) is 0 Å². The van der Waals surface area contributed by atoms with Crippen molar-refractivity contribution in [1.29, 1.82) is 0 Å². The maximum atomic E-state index is 12.7. The molecule has 3 aromatic rings. The summed E-state index contributed by atoms with van der Waals surface area (Å²) in [5.41, 5.74) is 0.0638. The monoisotopic (exact) mass is 494 g/mol. The largest absolute Gasteiger partial charge is 0.338 e. The van der Waals surface area contributed by atoms with E-state index < -0.39 is 10.0 Å². The van der Waals surface area contributed by atoms with E-state index in [-0.39, 0.29) is 49.1 Å². The first-order valence-corrected chi connectivity index (χ1v) is 11.4. The van der Waals surface area contributed by atoms with E-state index in [1.54, 1.807) is 42.3 Å². The second kappa shape index (κ2) is 7.93. The highest BCUT2D eigenvalue weighted by Crippen LogP contribution is 2.18. The number of aryl methyl sites for hydroxylation is 1. The maximum absolute atomic E-state index is 12.7. The lowest BCUT2D eigenvalue weighted by Gasteiger charge is -2.34. The van der Waals surface area contributed by atoms with Gasteiger partial charge in [-0.3, -0.25) is 14.2 Å². The first-order valence-electron chi connectivity index (χ1n) is 9.19. The molecule has 0 saturated carbocycles. The molecular formula is C18H19BrN6O4S. The zero-order valence-corrected chi connectivity index (χ0v) is 18.5. The van der Waals surface area contributed by atoms with Gasteiger partial charge in [0, 0.05) is 33.2 Å². The zero-order valence-electron chi connectivity index (χ0n) is 16.1. The number of aromatic nitrogens is 4. The lowest BCUT2D eigenvalue weighted by molar-refractivity contribution is -0.133. The number of benzene rings is 1. The number of hydrogen-bond donors (Lipinski definition) is 0. The fourth-order valence-corrected chi connectivity index (χ4v) is 5.44. The number of carbonyl (C=O) groups is 1. The first-order chi connectivity index (χ1) is 14.3. The molecule has 12 heteroatoms. The lowest BCUT2D eigenvalue weighted by atomic mass is 10.3. The summed E-state index contributed by atoms with van der Waals surface area (Å²) in [6, 6.07) is 8.22. The summed E-state index contributed by atoms with van der Waals surface area (Å²) < 4.78 is 29.9. The molecule has 30 heavy (non-hydrogen) atoms. The van der Waals surface area contributed by atoms with Gasteiger partial charge in [0.05, 0.1) is 4.90 Å². The van der Waals surface area contributed by atoms with Gasteiger partial charge in [-0.05, 0) is 28.1 Å². The Morgan fingerprint density at radius 1 is 1.13 bits per heavy atom. The van der Waals surface area contributed by atoms with Gasteiger partial charge >= 0.3 is 0 Å². The molecule has 4 rings (SSSR count). The van der Waals surface area contributed by atoms with Crippen LogP contribution in [0.25, 0.3) is 11.0 Å². The third-order valence-electron chi connectivity index (χ3n) is 5.05. The Morgan fingerprint density at radius 3 is 2.47 bits per heavy atom. The molecule has 1 amide bonds. The second-order valence-electron chi connectivity index (χ2n) is 6.89. The van der Waals surface area contributed by atoms with Crippen LogP contribution in [-0.2, 0) is 28.4 Å². The van der Waals surface area contributed by atoms with E-state index in [1.807, 2.05) is 0 Å². The number of hydrogen-bond acceptors (Lipinski definition) is 6. The minimum atomic E-state index is -3.59. The van der Waals surface area contributed by atoms with Crippen molar-refractivity contribution >= 4 is 42.9 Å². The lowest BCUT2D eigenvalue weighted by Crippen LogP contribution is -2.51. The molecule has 1 saturated heterocycles. The average molecular weight is 495 g/mol. The summed E-state index contributed by atoms with van der Waals surface area (Å²) in [5.74, 6) is -0.268. The van der Waals surface area contributed by atoms with Gasteiger partial charge in [-0.2, -0.15) is 9.40 Å². The van der Waals surface area contributed by atoms with Gasteiger partial charge in [-0.15, -0.1) is 0 Å². The number of sulfonamides is 1. The molecular weight excluding hydrogens is 476 g/mol. The summed E-state index contributed by atoms with van der Waals surface area (Å²) in [7, 11) is -1.91. The molecule has 0 unspecified atom stereocenters. The van der Waals surface area contributed by atoms with E-state index in [0.717, 1.165) is 0 Å². The van der Waals surface area contributed by atoms with E-state index in [2.05, 4.69) is 26.0 Å². The molecule has 158 valence electrons. The Kier molecular flexibility index (Phi) is 5.47. The van der Waals surface area contributed by atoms with Crippen LogP contribution in [0.15, 0.2) is 51.0 Å². The van der Waals surface area contributed by atoms with Crippen LogP contribution in [-0.4, -0.2) is 69.0 Å². The highest BCUT2D eigenvalue weighted by Gasteiger charge is 2.30. The van der Waals surface area contributed by atoms with Crippen LogP contribution in [0.2, 0.25) is 0 Å². The van der Waals surface area contributed by atoms with Crippen LogP contribution in [0.5, 0.6) is 0 Å². The summed E-state index contributed by atoms with van der Waals surface area (Å²) in [5, 5.41) is 4.43. The fourth-order valence-electron chi connectivity index (χ4n) is 3.41. The van der Waals surface area contributed by atoms with E-state index in [1.165, 1.54) is 19.9 Å². The molecule has 0 spiro atoms. The number of carbonyl (C=O) groups excluding carboxylic acids is 1. The normalized spacial score (nSPS) is 15.6. The van der Waals surface area contributed by atoms with Crippen LogP contribution >= 0.6 is 15.9 Å². The van der Waals surface area contributed by atoms with Crippen molar-refractivity contribution in [3.63, 3.8) is 0 Å². The molecule has 0 N–H and O–H groups in total. The van der Waals surface area contributed by atoms with Crippen molar-refractivity contribution in [2.24, 2.45) is 7.05 Å². The molecule has 3 heterocycles. The Hall–Kier alpha value is -2.57. The number of halogens is 1. The van der Waals surface area contributed by atoms with Crippen LogP contribution in [0.1, 0.15) is 0 Å². The van der Waals surface area contributed by atoms with Gasteiger partial charge in [-0.1, -0.05) is 18.2 Å². The number of amides is 1. The van der Waals surface area contributed by atoms with Crippen LogP contribution in [0.3, 0.4) is 0 Å². The van der Waals surface area contributed by atoms with Gasteiger partial charge in [0.25, 0.3) is 5.56 Å². The van der Waals surface area contributed by atoms with Crippen molar-refractivity contribution in [2.75, 3.05) is 26.2 Å². The average Bonchev–Trinajstić information content (AvgIpc) is 3.04. The summed E-state index contributed by atoms with van der Waals surface area (Å²) in [6.07, 6.45) is 1.33. The summed E-state index contributed by atoms with van der Waals surface area (Å²) in [6.45, 7) is 0.735. The van der Waals surface area contributed by atoms with Gasteiger partial charge in [0.1, 0.15) is 22.9 Å². The number of nitrogens with zero attached hydrogens (tertiary/aromatic N) is 6. The predicted octanol–water partition coefficient (Wildman–Crippen LogP) is 0.426. The van der Waals surface area contributed by atoms with Crippen LogP contribution in [0.4, 0.5) is 0 Å². The Bertz CT molecular complexity index is 1260. The van der Waals surface area contributed by atoms with E-state index in [4.69, 9.17) is 0 Å². The van der Waals surface area contributed by atoms with Crippen molar-refractivity contribution in [1.82, 2.24) is 28.5 Å². The van der Waals surface area contributed by atoms with Gasteiger partial charge in [0.15, 0.2) is 5.65 Å². The third kappa shape index (κ3) is 3.66. The van der Waals surface area contributed by atoms with Crippen LogP contribution in [0, 0.1) is 0 Å². The highest BCUT2D eigenvalue weighted by molar-refractivity contribution is 9.10. The third-order valence-corrected chi connectivity index (χ3v) is 7.51. The molecule has 1 aliphatic heterocycles. The Labute approximate surface area is 180 Å². The highest BCUT2D eigenvalue weighted by atomic mass is 79.9. The van der Waals surface area contributed by atoms with E-state index >= 15 is 0 Å². The van der Waals surface area contributed by atoms with Gasteiger partial charge in [0.2, 0.25) is 15.9 Å². The summed E-state index contributed by atoms with van der Waals surface area (Å²) >= 11 is 3.25. The Balaban J connectivity index is 1.45. The smallest absolute Gasteiger partial charge is 0.266 e. The van der Waals surface area contributed by atoms with Gasteiger partial charge < -0.3 is 4.90 Å². The number of fused-ring (bicyclic) bond motifs is 1. The van der Waals surface area contributed by atoms with E-state index in [9.17, 15) is 18.0 Å². The Morgan fingerprint density at radius 2 is 1.80 bits per heavy atom. The molecule has 0 atom stereocenters. The quantitative estimate of drug-likeness (QED) is 0.519. The first kappa shape index (κ1) is 20.7. The molecule has 1 fully saturated rings. The fraction of sp³-hybridized carbons (Fsp3) is 0.333. The minimum absolute atomic E-state index is 0.172. The molecule has 0 bridgehead atoms. The second-order valence-corrected chi connectivity index (χ2v) is 9.58.